The van der Waals surface area contributed by atoms with Crippen LogP contribution in [0.4, 0.5) is 5.95 Å². The summed E-state index contributed by atoms with van der Waals surface area (Å²) in [4.78, 5) is 32.8. The molecule has 1 aromatic carbocycles. The lowest BCUT2D eigenvalue weighted by Gasteiger charge is -2.38. The van der Waals surface area contributed by atoms with Gasteiger partial charge in [0.15, 0.2) is 11.5 Å². The van der Waals surface area contributed by atoms with E-state index in [1.165, 1.54) is 0 Å². The predicted molar refractivity (Wildman–Crippen MR) is 132 cm³/mol. The summed E-state index contributed by atoms with van der Waals surface area (Å²) in [7, 11) is 3.19. The maximum Gasteiger partial charge on any atom is 0.241 e. The first-order valence-corrected chi connectivity index (χ1v) is 12.2. The summed E-state index contributed by atoms with van der Waals surface area (Å²) in [6, 6.07) is 7.32. The Morgan fingerprint density at radius 1 is 1.06 bits per heavy atom. The third kappa shape index (κ3) is 5.25. The van der Waals surface area contributed by atoms with E-state index in [1.807, 2.05) is 29.2 Å². The quantitative estimate of drug-likeness (QED) is 0.485. The van der Waals surface area contributed by atoms with Crippen molar-refractivity contribution in [1.29, 1.82) is 0 Å². The number of methoxy groups -OCH3 is 2. The Labute approximate surface area is 210 Å². The fraction of sp³-hybridized carbons (Fsp3) is 0.480. The molecule has 2 aliphatic heterocycles. The molecule has 11 nitrogen and oxygen atoms in total. The van der Waals surface area contributed by atoms with E-state index in [2.05, 4.69) is 29.9 Å². The fourth-order valence-electron chi connectivity index (χ4n) is 4.84. The Morgan fingerprint density at radius 2 is 1.83 bits per heavy atom. The molecule has 1 amide bonds. The molecule has 190 valence electrons. The van der Waals surface area contributed by atoms with E-state index in [0.29, 0.717) is 49.4 Å². The van der Waals surface area contributed by atoms with Gasteiger partial charge in [0.2, 0.25) is 23.6 Å². The van der Waals surface area contributed by atoms with Crippen LogP contribution in [-0.4, -0.2) is 89.3 Å². The standard InChI is InChI=1S/C25H31N7O4/c1-34-20-7-6-18(15-21(20)35-2)23-28-22(36-29-23)17-30-10-3-5-19(16-30)24(33)31-11-13-32(14-12-31)25-26-8-4-9-27-25/h4,6-9,15,19H,3,5,10-14,16-17H2,1-2H3. The number of benzene rings is 1. The zero-order chi connectivity index (χ0) is 24.9. The van der Waals surface area contributed by atoms with E-state index < -0.39 is 0 Å². The Kier molecular flexibility index (Phi) is 7.26. The van der Waals surface area contributed by atoms with Crippen molar-refractivity contribution in [2.45, 2.75) is 19.4 Å². The summed E-state index contributed by atoms with van der Waals surface area (Å²) in [6.07, 6.45) is 5.36. The molecule has 2 saturated heterocycles. The molecule has 0 radical (unpaired) electrons. The molecule has 2 aromatic heterocycles. The van der Waals surface area contributed by atoms with Gasteiger partial charge in [0.05, 0.1) is 26.7 Å². The number of piperidine rings is 1. The second-order valence-corrected chi connectivity index (χ2v) is 9.02. The molecular formula is C25H31N7O4. The van der Waals surface area contributed by atoms with Crippen LogP contribution in [0.25, 0.3) is 11.4 Å². The number of nitrogens with zero attached hydrogens (tertiary/aromatic N) is 7. The summed E-state index contributed by atoms with van der Waals surface area (Å²) in [6.45, 7) is 4.97. The van der Waals surface area contributed by atoms with E-state index in [0.717, 1.165) is 44.0 Å². The summed E-state index contributed by atoms with van der Waals surface area (Å²) in [5, 5.41) is 4.14. The van der Waals surface area contributed by atoms with Crippen molar-refractivity contribution in [3.05, 3.63) is 42.5 Å². The van der Waals surface area contributed by atoms with Gasteiger partial charge in [0, 0.05) is 50.7 Å². The van der Waals surface area contributed by atoms with Crippen LogP contribution in [0.5, 0.6) is 11.5 Å². The molecule has 2 fully saturated rings. The van der Waals surface area contributed by atoms with Gasteiger partial charge in [-0.25, -0.2) is 9.97 Å². The van der Waals surface area contributed by atoms with Gasteiger partial charge < -0.3 is 23.8 Å². The molecule has 1 atom stereocenters. The summed E-state index contributed by atoms with van der Waals surface area (Å²) < 4.78 is 16.2. The highest BCUT2D eigenvalue weighted by Crippen LogP contribution is 2.31. The van der Waals surface area contributed by atoms with Crippen LogP contribution >= 0.6 is 0 Å². The number of carbonyl (C=O) groups excluding carboxylic acids is 1. The molecule has 0 spiro atoms. The molecule has 4 heterocycles. The number of hydrogen-bond acceptors (Lipinski definition) is 10. The maximum atomic E-state index is 13.3. The molecule has 2 aliphatic rings. The molecule has 0 N–H and O–H groups in total. The van der Waals surface area contributed by atoms with Gasteiger partial charge in [0.1, 0.15) is 0 Å². The lowest BCUT2D eigenvalue weighted by molar-refractivity contribution is -0.137. The number of ether oxygens (including phenoxy) is 2. The molecule has 1 unspecified atom stereocenters. The minimum atomic E-state index is -0.0217. The van der Waals surface area contributed by atoms with E-state index in [4.69, 9.17) is 14.0 Å². The summed E-state index contributed by atoms with van der Waals surface area (Å²) in [5.41, 5.74) is 0.786. The van der Waals surface area contributed by atoms with Crippen molar-refractivity contribution < 1.29 is 18.8 Å². The van der Waals surface area contributed by atoms with Gasteiger partial charge in [-0.2, -0.15) is 4.98 Å². The number of rotatable bonds is 7. The van der Waals surface area contributed by atoms with Crippen LogP contribution < -0.4 is 14.4 Å². The number of anilines is 1. The predicted octanol–water partition coefficient (Wildman–Crippen LogP) is 2.10. The van der Waals surface area contributed by atoms with Crippen LogP contribution in [0.2, 0.25) is 0 Å². The monoisotopic (exact) mass is 493 g/mol. The number of likely N-dealkylation sites (tertiary alicyclic amines) is 1. The molecule has 0 saturated carbocycles. The number of carbonyl (C=O) groups is 1. The molecule has 0 aliphatic carbocycles. The average Bonchev–Trinajstić information content (AvgIpc) is 3.41. The smallest absolute Gasteiger partial charge is 0.241 e. The fourth-order valence-corrected chi connectivity index (χ4v) is 4.84. The molecule has 11 heteroatoms. The first kappa shape index (κ1) is 24.0. The normalized spacial score (nSPS) is 18.8. The number of piperazine rings is 1. The number of aromatic nitrogens is 4. The van der Waals surface area contributed by atoms with Gasteiger partial charge in [-0.3, -0.25) is 9.69 Å². The summed E-state index contributed by atoms with van der Waals surface area (Å²) in [5.74, 6) is 3.21. The van der Waals surface area contributed by atoms with Crippen LogP contribution in [-0.2, 0) is 11.3 Å². The first-order chi connectivity index (χ1) is 17.6. The maximum absolute atomic E-state index is 13.3. The van der Waals surface area contributed by atoms with E-state index in [-0.39, 0.29) is 11.8 Å². The number of hydrogen-bond donors (Lipinski definition) is 0. The first-order valence-electron chi connectivity index (χ1n) is 12.2. The van der Waals surface area contributed by atoms with Crippen molar-refractivity contribution in [3.63, 3.8) is 0 Å². The average molecular weight is 494 g/mol. The molecule has 36 heavy (non-hydrogen) atoms. The van der Waals surface area contributed by atoms with Gasteiger partial charge in [-0.15, -0.1) is 0 Å². The van der Waals surface area contributed by atoms with Crippen molar-refractivity contribution in [3.8, 4) is 22.9 Å². The van der Waals surface area contributed by atoms with Crippen LogP contribution in [0.3, 0.4) is 0 Å². The second-order valence-electron chi connectivity index (χ2n) is 9.02. The van der Waals surface area contributed by atoms with E-state index in [1.54, 1.807) is 26.6 Å². The van der Waals surface area contributed by atoms with Crippen LogP contribution in [0.15, 0.2) is 41.2 Å². The molecule has 3 aromatic rings. The zero-order valence-electron chi connectivity index (χ0n) is 20.7. The minimum absolute atomic E-state index is 0.0217. The molecular weight excluding hydrogens is 462 g/mol. The van der Waals surface area contributed by atoms with E-state index in [9.17, 15) is 4.79 Å². The van der Waals surface area contributed by atoms with Crippen LogP contribution in [0, 0.1) is 5.92 Å². The van der Waals surface area contributed by atoms with Crippen LogP contribution in [0.1, 0.15) is 18.7 Å². The van der Waals surface area contributed by atoms with Gasteiger partial charge in [-0.05, 0) is 43.7 Å². The lowest BCUT2D eigenvalue weighted by Crippen LogP contribution is -2.52. The third-order valence-corrected chi connectivity index (χ3v) is 6.75. The SMILES string of the molecule is COc1ccc(-c2noc(CN3CCCC(C(=O)N4CCN(c5ncccn5)CC4)C3)n2)cc1OC. The van der Waals surface area contributed by atoms with Crippen molar-refractivity contribution in [2.24, 2.45) is 5.92 Å². The zero-order valence-corrected chi connectivity index (χ0v) is 20.7. The van der Waals surface area contributed by atoms with Crippen molar-refractivity contribution in [2.75, 3.05) is 58.4 Å². The topological polar surface area (TPSA) is 110 Å². The minimum Gasteiger partial charge on any atom is -0.493 e. The van der Waals surface area contributed by atoms with Crippen molar-refractivity contribution in [1.82, 2.24) is 29.9 Å². The van der Waals surface area contributed by atoms with Gasteiger partial charge in [0.25, 0.3) is 0 Å². The van der Waals surface area contributed by atoms with Crippen molar-refractivity contribution >= 4 is 11.9 Å². The largest absolute Gasteiger partial charge is 0.493 e. The number of amides is 1. The Morgan fingerprint density at radius 3 is 2.58 bits per heavy atom. The lowest BCUT2D eigenvalue weighted by atomic mass is 9.96. The Hall–Kier alpha value is -3.73. The summed E-state index contributed by atoms with van der Waals surface area (Å²) >= 11 is 0. The van der Waals surface area contributed by atoms with Gasteiger partial charge in [-0.1, -0.05) is 5.16 Å². The van der Waals surface area contributed by atoms with Gasteiger partial charge >= 0.3 is 0 Å². The third-order valence-electron chi connectivity index (χ3n) is 6.75. The highest BCUT2D eigenvalue weighted by atomic mass is 16.5. The Bertz CT molecular complexity index is 1160. The van der Waals surface area contributed by atoms with E-state index >= 15 is 0 Å². The second kappa shape index (κ2) is 10.9. The molecule has 0 bridgehead atoms. The highest BCUT2D eigenvalue weighted by molar-refractivity contribution is 5.79. The Balaban J connectivity index is 1.16. The molecule has 5 rings (SSSR count). The highest BCUT2D eigenvalue weighted by Gasteiger charge is 2.32.